The second-order valence-corrected chi connectivity index (χ2v) is 11.0. The molecule has 0 aliphatic rings. The lowest BCUT2D eigenvalue weighted by Gasteiger charge is -2.22. The van der Waals surface area contributed by atoms with E-state index in [-0.39, 0.29) is 0 Å². The molecule has 204 valence electrons. The Labute approximate surface area is 227 Å². The number of aryl methyl sites for hydroxylation is 1. The van der Waals surface area contributed by atoms with Crippen LogP contribution in [0.4, 0.5) is 0 Å². The fourth-order valence-corrected chi connectivity index (χ4v) is 5.39. The van der Waals surface area contributed by atoms with Crippen LogP contribution in [0, 0.1) is 11.8 Å². The third-order valence-electron chi connectivity index (χ3n) is 8.07. The van der Waals surface area contributed by atoms with Crippen LogP contribution in [0.15, 0.2) is 42.5 Å². The summed E-state index contributed by atoms with van der Waals surface area (Å²) in [6, 6.07) is 15.7. The van der Waals surface area contributed by atoms with Crippen molar-refractivity contribution in [1.29, 1.82) is 0 Å². The Morgan fingerprint density at radius 3 is 1.59 bits per heavy atom. The van der Waals surface area contributed by atoms with Crippen LogP contribution in [0.1, 0.15) is 111 Å². The summed E-state index contributed by atoms with van der Waals surface area (Å²) in [4.78, 5) is 0. The number of ether oxygens (including phenoxy) is 2. The number of hydrogen-bond acceptors (Lipinski definition) is 2. The van der Waals surface area contributed by atoms with Gasteiger partial charge in [-0.05, 0) is 49.1 Å². The molecule has 0 amide bonds. The fourth-order valence-electron chi connectivity index (χ4n) is 5.39. The van der Waals surface area contributed by atoms with Gasteiger partial charge in [0, 0.05) is 21.5 Å². The van der Waals surface area contributed by atoms with Crippen molar-refractivity contribution in [1.82, 2.24) is 0 Å². The van der Waals surface area contributed by atoms with Gasteiger partial charge in [0.05, 0.1) is 13.2 Å². The van der Waals surface area contributed by atoms with Gasteiger partial charge in [0.2, 0.25) is 0 Å². The monoisotopic (exact) mass is 504 g/mol. The standard InChI is InChI=1S/C35H52O2/c1-6-11-14-19-29-22-23-32-33(24-29)35(37-26-28(10-5)18-13-8-3)31-21-16-15-20-30(31)34(32)36-25-27(9-4)17-12-7-2/h15-16,20-24,27-28H,6-14,17-19,25-26H2,1-5H3. The minimum atomic E-state index is 0.598. The summed E-state index contributed by atoms with van der Waals surface area (Å²) in [5.74, 6) is 3.28. The molecule has 3 aromatic carbocycles. The first-order chi connectivity index (χ1) is 18.2. The molecule has 2 atom stereocenters. The number of rotatable bonds is 18. The summed E-state index contributed by atoms with van der Waals surface area (Å²) in [6.45, 7) is 13.0. The van der Waals surface area contributed by atoms with Crippen molar-refractivity contribution in [2.24, 2.45) is 11.8 Å². The number of benzene rings is 3. The first-order valence-electron chi connectivity index (χ1n) is 15.4. The van der Waals surface area contributed by atoms with E-state index in [2.05, 4.69) is 77.1 Å². The maximum absolute atomic E-state index is 6.76. The molecule has 0 N–H and O–H groups in total. The van der Waals surface area contributed by atoms with E-state index < -0.39 is 0 Å². The van der Waals surface area contributed by atoms with Crippen molar-refractivity contribution >= 4 is 21.5 Å². The summed E-state index contributed by atoms with van der Waals surface area (Å²) >= 11 is 0. The topological polar surface area (TPSA) is 18.5 Å². The Hall–Kier alpha value is -2.22. The Bertz CT molecular complexity index is 1070. The lowest BCUT2D eigenvalue weighted by molar-refractivity contribution is 0.234. The number of fused-ring (bicyclic) bond motifs is 2. The van der Waals surface area contributed by atoms with E-state index in [0.29, 0.717) is 11.8 Å². The van der Waals surface area contributed by atoms with E-state index in [4.69, 9.17) is 9.47 Å². The molecule has 0 fully saturated rings. The molecule has 0 saturated carbocycles. The van der Waals surface area contributed by atoms with Gasteiger partial charge < -0.3 is 9.47 Å². The van der Waals surface area contributed by atoms with Crippen LogP contribution >= 0.6 is 0 Å². The molecule has 0 radical (unpaired) electrons. The quantitative estimate of drug-likeness (QED) is 0.127. The highest BCUT2D eigenvalue weighted by Crippen LogP contribution is 2.44. The third kappa shape index (κ3) is 8.13. The van der Waals surface area contributed by atoms with Crippen LogP contribution in [0.25, 0.3) is 21.5 Å². The lowest BCUT2D eigenvalue weighted by atomic mass is 9.96. The van der Waals surface area contributed by atoms with Crippen LogP contribution < -0.4 is 9.47 Å². The molecule has 3 rings (SSSR count). The zero-order valence-electron chi connectivity index (χ0n) is 24.4. The van der Waals surface area contributed by atoms with Crippen molar-refractivity contribution in [3.8, 4) is 11.5 Å². The predicted octanol–water partition coefficient (Wildman–Crippen LogP) is 10.9. The average Bonchev–Trinajstić information content (AvgIpc) is 2.93. The van der Waals surface area contributed by atoms with Crippen molar-refractivity contribution in [2.75, 3.05) is 13.2 Å². The molecule has 0 aliphatic heterocycles. The molecule has 0 heterocycles. The molecular formula is C35H52O2. The van der Waals surface area contributed by atoms with Gasteiger partial charge in [-0.3, -0.25) is 0 Å². The molecule has 0 saturated heterocycles. The first kappa shape index (κ1) is 29.3. The van der Waals surface area contributed by atoms with Crippen LogP contribution in [0.3, 0.4) is 0 Å². The van der Waals surface area contributed by atoms with Gasteiger partial charge in [-0.2, -0.15) is 0 Å². The predicted molar refractivity (Wildman–Crippen MR) is 162 cm³/mol. The molecule has 0 bridgehead atoms. The van der Waals surface area contributed by atoms with Crippen LogP contribution in [0.2, 0.25) is 0 Å². The zero-order chi connectivity index (χ0) is 26.5. The molecule has 3 aromatic rings. The Balaban J connectivity index is 2.05. The summed E-state index contributed by atoms with van der Waals surface area (Å²) in [5.41, 5.74) is 1.40. The van der Waals surface area contributed by atoms with E-state index in [1.54, 1.807) is 0 Å². The van der Waals surface area contributed by atoms with Crippen molar-refractivity contribution in [2.45, 2.75) is 112 Å². The van der Waals surface area contributed by atoms with Gasteiger partial charge >= 0.3 is 0 Å². The zero-order valence-corrected chi connectivity index (χ0v) is 24.4. The highest BCUT2D eigenvalue weighted by atomic mass is 16.5. The van der Waals surface area contributed by atoms with Gasteiger partial charge in [-0.15, -0.1) is 0 Å². The molecule has 0 aliphatic carbocycles. The Kier molecular flexibility index (Phi) is 12.6. The second kappa shape index (κ2) is 15.9. The van der Waals surface area contributed by atoms with Crippen LogP contribution in [0.5, 0.6) is 11.5 Å². The minimum absolute atomic E-state index is 0.598. The molecule has 2 unspecified atom stereocenters. The largest absolute Gasteiger partial charge is 0.492 e. The minimum Gasteiger partial charge on any atom is -0.492 e. The maximum atomic E-state index is 6.76. The summed E-state index contributed by atoms with van der Waals surface area (Å²) in [6.07, 6.45) is 14.7. The SMILES string of the molecule is CCCCCc1ccc2c(OCC(CC)CCCC)c3ccccc3c(OCC(CC)CCCC)c2c1. The number of unbranched alkanes of at least 4 members (excludes halogenated alkanes) is 4. The van der Waals surface area contributed by atoms with Crippen molar-refractivity contribution in [3.63, 3.8) is 0 Å². The fraction of sp³-hybridized carbons (Fsp3) is 0.600. The Morgan fingerprint density at radius 1 is 0.568 bits per heavy atom. The van der Waals surface area contributed by atoms with Gasteiger partial charge in [0.1, 0.15) is 11.5 Å². The van der Waals surface area contributed by atoms with E-state index >= 15 is 0 Å². The molecule has 2 nitrogen and oxygen atoms in total. The average molecular weight is 505 g/mol. The smallest absolute Gasteiger partial charge is 0.135 e. The van der Waals surface area contributed by atoms with E-state index in [1.165, 1.54) is 84.9 Å². The van der Waals surface area contributed by atoms with Crippen molar-refractivity contribution in [3.05, 3.63) is 48.0 Å². The van der Waals surface area contributed by atoms with Crippen molar-refractivity contribution < 1.29 is 9.47 Å². The molecule has 37 heavy (non-hydrogen) atoms. The third-order valence-corrected chi connectivity index (χ3v) is 8.07. The lowest BCUT2D eigenvalue weighted by Crippen LogP contribution is -2.13. The van der Waals surface area contributed by atoms with E-state index in [9.17, 15) is 0 Å². The number of hydrogen-bond donors (Lipinski definition) is 0. The first-order valence-corrected chi connectivity index (χ1v) is 15.4. The summed E-state index contributed by atoms with van der Waals surface area (Å²) in [7, 11) is 0. The van der Waals surface area contributed by atoms with E-state index in [1.807, 2.05) is 0 Å². The Morgan fingerprint density at radius 2 is 1.08 bits per heavy atom. The molecule has 0 spiro atoms. The normalized spacial score (nSPS) is 13.2. The van der Waals surface area contributed by atoms with Crippen LogP contribution in [-0.2, 0) is 6.42 Å². The highest BCUT2D eigenvalue weighted by molar-refractivity contribution is 6.11. The molecule has 0 aromatic heterocycles. The molecule has 2 heteroatoms. The summed E-state index contributed by atoms with van der Waals surface area (Å²) < 4.78 is 13.5. The summed E-state index contributed by atoms with van der Waals surface area (Å²) in [5, 5.41) is 4.77. The maximum Gasteiger partial charge on any atom is 0.135 e. The van der Waals surface area contributed by atoms with Gasteiger partial charge in [0.15, 0.2) is 0 Å². The second-order valence-electron chi connectivity index (χ2n) is 11.0. The van der Waals surface area contributed by atoms with Gasteiger partial charge in [-0.25, -0.2) is 0 Å². The van der Waals surface area contributed by atoms with Gasteiger partial charge in [0.25, 0.3) is 0 Å². The highest BCUT2D eigenvalue weighted by Gasteiger charge is 2.19. The van der Waals surface area contributed by atoms with E-state index in [0.717, 1.165) is 44.0 Å². The van der Waals surface area contributed by atoms with Crippen LogP contribution in [-0.4, -0.2) is 13.2 Å². The molecular weight excluding hydrogens is 452 g/mol. The van der Waals surface area contributed by atoms with Gasteiger partial charge in [-0.1, -0.05) is 122 Å².